The molecule has 1 fully saturated rings. The average Bonchev–Trinajstić information content (AvgIpc) is 2.91. The highest BCUT2D eigenvalue weighted by Gasteiger charge is 2.33. The highest BCUT2D eigenvalue weighted by Crippen LogP contribution is 2.32. The standard InChI is InChI=1S/C20H18N2O3S2/c1-2-13-7-9-14(10-8-13)11-17-19(25)22(20(26)27-17)12-18(24)21-15-5-3-4-6-16(15)23/h3-11,23H,2,12H2,1H3,(H,21,24)/b17-11+. The van der Waals surface area contributed by atoms with Crippen LogP contribution in [0.2, 0.25) is 0 Å². The van der Waals surface area contributed by atoms with Gasteiger partial charge in [0, 0.05) is 0 Å². The van der Waals surface area contributed by atoms with Gasteiger partial charge >= 0.3 is 0 Å². The molecule has 0 spiro atoms. The fraction of sp³-hybridized carbons (Fsp3) is 0.150. The summed E-state index contributed by atoms with van der Waals surface area (Å²) in [6.45, 7) is 1.88. The molecule has 2 aromatic carbocycles. The maximum atomic E-state index is 12.6. The molecule has 1 aliphatic heterocycles. The molecule has 5 nitrogen and oxygen atoms in total. The summed E-state index contributed by atoms with van der Waals surface area (Å²) in [5, 5.41) is 12.3. The van der Waals surface area contributed by atoms with E-state index >= 15 is 0 Å². The molecule has 27 heavy (non-hydrogen) atoms. The number of hydrogen-bond acceptors (Lipinski definition) is 5. The number of carbonyl (C=O) groups excluding carboxylic acids is 2. The third kappa shape index (κ3) is 4.56. The minimum Gasteiger partial charge on any atom is -0.506 e. The number of nitrogens with zero attached hydrogens (tertiary/aromatic N) is 1. The SMILES string of the molecule is CCc1ccc(/C=C2/SC(=S)N(CC(=O)Nc3ccccc3O)C2=O)cc1. The first-order chi connectivity index (χ1) is 13.0. The molecular formula is C20H18N2O3S2. The monoisotopic (exact) mass is 398 g/mol. The first-order valence-electron chi connectivity index (χ1n) is 8.40. The van der Waals surface area contributed by atoms with Crippen LogP contribution in [0, 0.1) is 0 Å². The summed E-state index contributed by atoms with van der Waals surface area (Å²) in [4.78, 5) is 26.6. The average molecular weight is 399 g/mol. The maximum absolute atomic E-state index is 12.6. The van der Waals surface area contributed by atoms with E-state index in [1.807, 2.05) is 24.3 Å². The zero-order valence-corrected chi connectivity index (χ0v) is 16.3. The lowest BCUT2D eigenvalue weighted by molar-refractivity contribution is -0.126. The van der Waals surface area contributed by atoms with Crippen molar-refractivity contribution in [3.05, 3.63) is 64.6 Å². The van der Waals surface area contributed by atoms with Crippen LogP contribution in [0.5, 0.6) is 5.75 Å². The molecule has 2 amide bonds. The molecule has 1 saturated heterocycles. The third-order valence-electron chi connectivity index (χ3n) is 4.04. The Bertz CT molecular complexity index is 923. The number of phenols is 1. The number of carbonyl (C=O) groups is 2. The first kappa shape index (κ1) is 19.1. The molecule has 0 unspecified atom stereocenters. The maximum Gasteiger partial charge on any atom is 0.266 e. The van der Waals surface area contributed by atoms with Gasteiger partial charge in [-0.25, -0.2) is 0 Å². The largest absolute Gasteiger partial charge is 0.506 e. The van der Waals surface area contributed by atoms with E-state index < -0.39 is 5.91 Å². The third-order valence-corrected chi connectivity index (χ3v) is 5.42. The Hall–Kier alpha value is -2.64. The number of thiocarbonyl (C=S) groups is 1. The number of hydrogen-bond donors (Lipinski definition) is 2. The number of amides is 2. The number of benzene rings is 2. The van der Waals surface area contributed by atoms with E-state index in [9.17, 15) is 14.7 Å². The second-order valence-electron chi connectivity index (χ2n) is 5.93. The van der Waals surface area contributed by atoms with Crippen molar-refractivity contribution >= 4 is 51.9 Å². The van der Waals surface area contributed by atoms with Gasteiger partial charge in [0.1, 0.15) is 16.6 Å². The molecule has 1 heterocycles. The first-order valence-corrected chi connectivity index (χ1v) is 9.62. The number of nitrogens with one attached hydrogen (secondary N) is 1. The van der Waals surface area contributed by atoms with Crippen molar-refractivity contribution in [3.63, 3.8) is 0 Å². The Morgan fingerprint density at radius 2 is 1.93 bits per heavy atom. The van der Waals surface area contributed by atoms with Gasteiger partial charge in [0.2, 0.25) is 5.91 Å². The number of anilines is 1. The molecular weight excluding hydrogens is 380 g/mol. The van der Waals surface area contributed by atoms with Gasteiger partial charge in [0.05, 0.1) is 10.6 Å². The van der Waals surface area contributed by atoms with Crippen LogP contribution in [0.1, 0.15) is 18.1 Å². The molecule has 7 heteroatoms. The predicted octanol–water partition coefficient (Wildman–Crippen LogP) is 3.79. The zero-order chi connectivity index (χ0) is 19.4. The molecule has 0 aromatic heterocycles. The van der Waals surface area contributed by atoms with Crippen LogP contribution in [0.3, 0.4) is 0 Å². The Morgan fingerprint density at radius 1 is 1.22 bits per heavy atom. The van der Waals surface area contributed by atoms with Gasteiger partial charge in [-0.1, -0.05) is 67.3 Å². The normalized spacial score (nSPS) is 15.4. The van der Waals surface area contributed by atoms with Crippen LogP contribution in [-0.4, -0.2) is 32.7 Å². The van der Waals surface area contributed by atoms with Crippen molar-refractivity contribution in [2.24, 2.45) is 0 Å². The van der Waals surface area contributed by atoms with E-state index in [2.05, 4.69) is 12.2 Å². The summed E-state index contributed by atoms with van der Waals surface area (Å²) in [6.07, 6.45) is 2.73. The summed E-state index contributed by atoms with van der Waals surface area (Å²) < 4.78 is 0.337. The molecule has 0 atom stereocenters. The molecule has 0 radical (unpaired) electrons. The van der Waals surface area contributed by atoms with E-state index in [-0.39, 0.29) is 18.2 Å². The Labute approximate surface area is 167 Å². The Morgan fingerprint density at radius 3 is 2.59 bits per heavy atom. The summed E-state index contributed by atoms with van der Waals surface area (Å²) in [6, 6.07) is 14.4. The molecule has 0 aliphatic carbocycles. The topological polar surface area (TPSA) is 69.6 Å². The van der Waals surface area contributed by atoms with E-state index in [0.29, 0.717) is 14.9 Å². The van der Waals surface area contributed by atoms with E-state index in [4.69, 9.17) is 12.2 Å². The van der Waals surface area contributed by atoms with Gasteiger partial charge in [-0.2, -0.15) is 0 Å². The fourth-order valence-electron chi connectivity index (χ4n) is 2.55. The zero-order valence-electron chi connectivity index (χ0n) is 14.6. The minimum atomic E-state index is -0.429. The number of thioether (sulfide) groups is 1. The number of aryl methyl sites for hydroxylation is 1. The lowest BCUT2D eigenvalue weighted by Crippen LogP contribution is -2.36. The van der Waals surface area contributed by atoms with Crippen LogP contribution in [0.15, 0.2) is 53.4 Å². The van der Waals surface area contributed by atoms with Crippen LogP contribution < -0.4 is 5.32 Å². The number of rotatable bonds is 5. The minimum absolute atomic E-state index is 0.0355. The smallest absolute Gasteiger partial charge is 0.266 e. The molecule has 2 aromatic rings. The fourth-order valence-corrected chi connectivity index (χ4v) is 3.81. The highest BCUT2D eigenvalue weighted by atomic mass is 32.2. The van der Waals surface area contributed by atoms with Crippen molar-refractivity contribution in [1.82, 2.24) is 4.90 Å². The lowest BCUT2D eigenvalue weighted by atomic mass is 10.1. The van der Waals surface area contributed by atoms with Crippen LogP contribution >= 0.6 is 24.0 Å². The van der Waals surface area contributed by atoms with Gasteiger partial charge in [-0.05, 0) is 35.8 Å². The van der Waals surface area contributed by atoms with Crippen LogP contribution in [0.25, 0.3) is 6.08 Å². The van der Waals surface area contributed by atoms with Gasteiger partial charge in [0.15, 0.2) is 0 Å². The highest BCUT2D eigenvalue weighted by molar-refractivity contribution is 8.26. The molecule has 2 N–H and O–H groups in total. The van der Waals surface area contributed by atoms with Gasteiger partial charge < -0.3 is 10.4 Å². The number of aromatic hydroxyl groups is 1. The number of para-hydroxylation sites is 2. The molecule has 138 valence electrons. The molecule has 1 aliphatic rings. The second-order valence-corrected chi connectivity index (χ2v) is 7.60. The van der Waals surface area contributed by atoms with Crippen molar-refractivity contribution in [2.75, 3.05) is 11.9 Å². The van der Waals surface area contributed by atoms with E-state index in [1.165, 1.54) is 28.3 Å². The van der Waals surface area contributed by atoms with Crippen molar-refractivity contribution < 1.29 is 14.7 Å². The van der Waals surface area contributed by atoms with Gasteiger partial charge in [-0.3, -0.25) is 14.5 Å². The predicted molar refractivity (Wildman–Crippen MR) is 112 cm³/mol. The van der Waals surface area contributed by atoms with Crippen molar-refractivity contribution in [2.45, 2.75) is 13.3 Å². The Balaban J connectivity index is 1.69. The van der Waals surface area contributed by atoms with Crippen molar-refractivity contribution in [3.8, 4) is 5.75 Å². The second kappa shape index (κ2) is 8.37. The molecule has 3 rings (SSSR count). The van der Waals surface area contributed by atoms with Crippen LogP contribution in [-0.2, 0) is 16.0 Å². The summed E-state index contributed by atoms with van der Waals surface area (Å²) in [5.41, 5.74) is 2.42. The number of phenolic OH excluding ortho intramolecular Hbond substituents is 1. The summed E-state index contributed by atoms with van der Waals surface area (Å²) in [5.74, 6) is -0.759. The van der Waals surface area contributed by atoms with Crippen molar-refractivity contribution in [1.29, 1.82) is 0 Å². The van der Waals surface area contributed by atoms with Gasteiger partial charge in [-0.15, -0.1) is 0 Å². The van der Waals surface area contributed by atoms with E-state index in [1.54, 1.807) is 24.3 Å². The van der Waals surface area contributed by atoms with Crippen LogP contribution in [0.4, 0.5) is 5.69 Å². The quantitative estimate of drug-likeness (QED) is 0.456. The molecule has 0 saturated carbocycles. The summed E-state index contributed by atoms with van der Waals surface area (Å²) in [7, 11) is 0. The Kier molecular flexibility index (Phi) is 5.93. The van der Waals surface area contributed by atoms with Gasteiger partial charge in [0.25, 0.3) is 5.91 Å². The molecule has 0 bridgehead atoms. The van der Waals surface area contributed by atoms with E-state index in [0.717, 1.165) is 12.0 Å². The summed E-state index contributed by atoms with van der Waals surface area (Å²) >= 11 is 6.43. The lowest BCUT2D eigenvalue weighted by Gasteiger charge is -2.14.